The van der Waals surface area contributed by atoms with E-state index in [1.54, 1.807) is 6.92 Å². The Morgan fingerprint density at radius 1 is 1.67 bits per heavy atom. The molecular formula is C11H14O. The topological polar surface area (TPSA) is 20.2 Å². The summed E-state index contributed by atoms with van der Waals surface area (Å²) in [6, 6.07) is 0. The maximum Gasteiger partial charge on any atom is 0.175 e. The Labute approximate surface area is 74.1 Å². The molecule has 1 N–H and O–H groups in total. The Morgan fingerprint density at radius 2 is 2.17 bits per heavy atom. The Hall–Kier alpha value is -1.22. The SMILES string of the molecule is C#CC(O)(C(=C)C)C(=C=C)CC. The zero-order valence-electron chi connectivity index (χ0n) is 7.65. The molecule has 0 aliphatic carbocycles. The number of terminal acetylenes is 1. The molecule has 0 amide bonds. The van der Waals surface area contributed by atoms with Crippen LogP contribution in [0.5, 0.6) is 0 Å². The highest BCUT2D eigenvalue weighted by atomic mass is 16.3. The molecule has 0 aliphatic heterocycles. The van der Waals surface area contributed by atoms with Crippen LogP contribution in [0.1, 0.15) is 20.3 Å². The molecule has 0 saturated carbocycles. The summed E-state index contributed by atoms with van der Waals surface area (Å²) in [6.45, 7) is 10.7. The van der Waals surface area contributed by atoms with Crippen LogP contribution in [-0.4, -0.2) is 10.7 Å². The molecule has 0 radical (unpaired) electrons. The van der Waals surface area contributed by atoms with Gasteiger partial charge in [-0.3, -0.25) is 0 Å². The molecule has 1 unspecified atom stereocenters. The average Bonchev–Trinajstić information content (AvgIpc) is 2.05. The normalized spacial score (nSPS) is 13.8. The van der Waals surface area contributed by atoms with Crippen molar-refractivity contribution in [3.8, 4) is 12.3 Å². The predicted molar refractivity (Wildman–Crippen MR) is 51.5 cm³/mol. The standard InChI is InChI=1S/C11H14O/c1-6-10(7-2)11(12,8-3)9(4)5/h3,12H,1,4,7H2,2,5H3. The van der Waals surface area contributed by atoms with E-state index in [0.29, 0.717) is 17.6 Å². The Morgan fingerprint density at radius 3 is 2.25 bits per heavy atom. The minimum atomic E-state index is -1.36. The molecule has 0 aromatic heterocycles. The Bertz CT molecular complexity index is 274. The van der Waals surface area contributed by atoms with E-state index < -0.39 is 5.60 Å². The van der Waals surface area contributed by atoms with Gasteiger partial charge in [-0.1, -0.05) is 26.0 Å². The fourth-order valence-corrected chi connectivity index (χ4v) is 0.977. The van der Waals surface area contributed by atoms with Crippen LogP contribution in [0.4, 0.5) is 0 Å². The summed E-state index contributed by atoms with van der Waals surface area (Å²) in [5, 5.41) is 9.88. The second-order valence-corrected chi connectivity index (χ2v) is 2.64. The van der Waals surface area contributed by atoms with E-state index in [1.807, 2.05) is 6.92 Å². The zero-order valence-corrected chi connectivity index (χ0v) is 7.65. The van der Waals surface area contributed by atoms with Crippen LogP contribution in [-0.2, 0) is 0 Å². The molecule has 0 aromatic rings. The molecule has 1 atom stereocenters. The van der Waals surface area contributed by atoms with Crippen molar-refractivity contribution in [3.05, 3.63) is 30.0 Å². The molecule has 0 spiro atoms. The van der Waals surface area contributed by atoms with Gasteiger partial charge in [-0.05, 0) is 18.9 Å². The summed E-state index contributed by atoms with van der Waals surface area (Å²) in [4.78, 5) is 0. The van der Waals surface area contributed by atoms with Crippen molar-refractivity contribution in [1.29, 1.82) is 0 Å². The highest BCUT2D eigenvalue weighted by molar-refractivity contribution is 5.39. The third-order valence-corrected chi connectivity index (χ3v) is 1.83. The van der Waals surface area contributed by atoms with Crippen LogP contribution in [0, 0.1) is 12.3 Å². The first-order chi connectivity index (χ1) is 5.52. The van der Waals surface area contributed by atoms with Gasteiger partial charge in [0.1, 0.15) is 0 Å². The van der Waals surface area contributed by atoms with E-state index in [1.165, 1.54) is 0 Å². The largest absolute Gasteiger partial charge is 0.370 e. The molecule has 0 saturated heterocycles. The molecule has 1 heteroatoms. The number of aliphatic hydroxyl groups is 1. The monoisotopic (exact) mass is 162 g/mol. The zero-order chi connectivity index (χ0) is 9.78. The summed E-state index contributed by atoms with van der Waals surface area (Å²) < 4.78 is 0. The van der Waals surface area contributed by atoms with E-state index in [4.69, 9.17) is 6.42 Å². The predicted octanol–water partition coefficient (Wildman–Crippen LogP) is 2.05. The van der Waals surface area contributed by atoms with Gasteiger partial charge in [-0.2, -0.15) is 0 Å². The third kappa shape index (κ3) is 1.68. The van der Waals surface area contributed by atoms with Gasteiger partial charge in [0, 0.05) is 5.57 Å². The smallest absolute Gasteiger partial charge is 0.175 e. The highest BCUT2D eigenvalue weighted by Gasteiger charge is 2.28. The van der Waals surface area contributed by atoms with Gasteiger partial charge in [0.15, 0.2) is 5.60 Å². The van der Waals surface area contributed by atoms with Crippen molar-refractivity contribution in [2.24, 2.45) is 0 Å². The molecule has 0 aromatic carbocycles. The minimum Gasteiger partial charge on any atom is -0.370 e. The van der Waals surface area contributed by atoms with E-state index >= 15 is 0 Å². The lowest BCUT2D eigenvalue weighted by atomic mass is 9.87. The Kier molecular flexibility index (Phi) is 3.57. The molecule has 12 heavy (non-hydrogen) atoms. The first-order valence-electron chi connectivity index (χ1n) is 3.78. The van der Waals surface area contributed by atoms with Gasteiger partial charge >= 0.3 is 0 Å². The van der Waals surface area contributed by atoms with Gasteiger partial charge in [0.25, 0.3) is 0 Å². The van der Waals surface area contributed by atoms with Crippen LogP contribution in [0.25, 0.3) is 0 Å². The summed E-state index contributed by atoms with van der Waals surface area (Å²) in [6.07, 6.45) is 5.83. The molecule has 0 bridgehead atoms. The second-order valence-electron chi connectivity index (χ2n) is 2.64. The van der Waals surface area contributed by atoms with Crippen LogP contribution in [0.15, 0.2) is 30.0 Å². The number of hydrogen-bond acceptors (Lipinski definition) is 1. The number of rotatable bonds is 3. The summed E-state index contributed by atoms with van der Waals surface area (Å²) in [5.74, 6) is 2.30. The van der Waals surface area contributed by atoms with Crippen LogP contribution in [0.3, 0.4) is 0 Å². The Balaban J connectivity index is 5.18. The molecule has 0 heterocycles. The molecular weight excluding hydrogens is 148 g/mol. The lowest BCUT2D eigenvalue weighted by molar-refractivity contribution is 0.176. The maximum atomic E-state index is 9.88. The van der Waals surface area contributed by atoms with Gasteiger partial charge in [-0.25, -0.2) is 0 Å². The van der Waals surface area contributed by atoms with Gasteiger partial charge < -0.3 is 5.11 Å². The number of hydrogen-bond donors (Lipinski definition) is 1. The fraction of sp³-hybridized carbons (Fsp3) is 0.364. The van der Waals surface area contributed by atoms with Crippen molar-refractivity contribution in [2.75, 3.05) is 0 Å². The third-order valence-electron chi connectivity index (χ3n) is 1.83. The first-order valence-corrected chi connectivity index (χ1v) is 3.78. The molecule has 64 valence electrons. The van der Waals surface area contributed by atoms with Crippen molar-refractivity contribution in [3.63, 3.8) is 0 Å². The van der Waals surface area contributed by atoms with E-state index in [2.05, 4.69) is 24.8 Å². The van der Waals surface area contributed by atoms with E-state index in [9.17, 15) is 5.11 Å². The minimum absolute atomic E-state index is 0.526. The fourth-order valence-electron chi connectivity index (χ4n) is 0.977. The lowest BCUT2D eigenvalue weighted by Gasteiger charge is -2.23. The maximum absolute atomic E-state index is 9.88. The van der Waals surface area contributed by atoms with E-state index in [0.717, 1.165) is 0 Å². The van der Waals surface area contributed by atoms with Crippen LogP contribution in [0.2, 0.25) is 0 Å². The quantitative estimate of drug-likeness (QED) is 0.382. The molecule has 1 nitrogen and oxygen atoms in total. The van der Waals surface area contributed by atoms with Crippen molar-refractivity contribution < 1.29 is 5.11 Å². The van der Waals surface area contributed by atoms with Crippen molar-refractivity contribution >= 4 is 0 Å². The molecule has 0 rings (SSSR count). The summed E-state index contributed by atoms with van der Waals surface area (Å²) >= 11 is 0. The molecule has 0 fully saturated rings. The van der Waals surface area contributed by atoms with E-state index in [-0.39, 0.29) is 0 Å². The van der Waals surface area contributed by atoms with Gasteiger partial charge in [0.05, 0.1) is 0 Å². The highest BCUT2D eigenvalue weighted by Crippen LogP contribution is 2.24. The lowest BCUT2D eigenvalue weighted by Crippen LogP contribution is -2.29. The van der Waals surface area contributed by atoms with Crippen molar-refractivity contribution in [1.82, 2.24) is 0 Å². The average molecular weight is 162 g/mol. The van der Waals surface area contributed by atoms with Crippen molar-refractivity contribution in [2.45, 2.75) is 25.9 Å². The van der Waals surface area contributed by atoms with Gasteiger partial charge in [-0.15, -0.1) is 12.2 Å². The van der Waals surface area contributed by atoms with Crippen LogP contribution >= 0.6 is 0 Å². The van der Waals surface area contributed by atoms with Crippen LogP contribution < -0.4 is 0 Å². The summed E-state index contributed by atoms with van der Waals surface area (Å²) in [5.41, 5.74) is 2.39. The summed E-state index contributed by atoms with van der Waals surface area (Å²) in [7, 11) is 0. The molecule has 0 aliphatic rings. The first kappa shape index (κ1) is 10.8. The van der Waals surface area contributed by atoms with Gasteiger partial charge in [0.2, 0.25) is 0 Å². The second kappa shape index (κ2) is 3.97.